The van der Waals surface area contributed by atoms with Crippen LogP contribution < -0.4 is 4.90 Å². The molecule has 0 spiro atoms. The number of fused-ring (bicyclic) bond motifs is 4. The zero-order valence-electron chi connectivity index (χ0n) is 18.4. The monoisotopic (exact) mass is 411 g/mol. The van der Waals surface area contributed by atoms with Crippen LogP contribution in [0.25, 0.3) is 21.9 Å². The van der Waals surface area contributed by atoms with Gasteiger partial charge in [0, 0.05) is 27.7 Å². The van der Waals surface area contributed by atoms with Gasteiger partial charge in [-0.15, -0.1) is 0 Å². The lowest BCUT2D eigenvalue weighted by atomic mass is 9.81. The number of hydrogen-bond acceptors (Lipinski definition) is 1. The molecule has 0 fully saturated rings. The van der Waals surface area contributed by atoms with Gasteiger partial charge in [0.15, 0.2) is 0 Å². The molecule has 1 aliphatic rings. The summed E-state index contributed by atoms with van der Waals surface area (Å²) in [5.74, 6) is 0. The predicted molar refractivity (Wildman–Crippen MR) is 136 cm³/mol. The van der Waals surface area contributed by atoms with Gasteiger partial charge in [0.05, 0.1) is 5.69 Å². The number of anilines is 3. The van der Waals surface area contributed by atoms with Crippen molar-refractivity contribution in [2.45, 2.75) is 19.3 Å². The lowest BCUT2D eigenvalue weighted by Gasteiger charge is -2.30. The molecule has 0 bridgehead atoms. The van der Waals surface area contributed by atoms with Crippen LogP contribution in [0.5, 0.6) is 0 Å². The third-order valence-corrected chi connectivity index (χ3v) is 6.82. The Morgan fingerprint density at radius 3 is 1.81 bits per heavy atom. The maximum absolute atomic E-state index is 2.43. The zero-order valence-corrected chi connectivity index (χ0v) is 18.4. The first-order valence-electron chi connectivity index (χ1n) is 11.2. The summed E-state index contributed by atoms with van der Waals surface area (Å²) in [7, 11) is 0. The Balaban J connectivity index is 1.79. The third-order valence-electron chi connectivity index (χ3n) is 6.82. The molecule has 0 aliphatic heterocycles. The fourth-order valence-electron chi connectivity index (χ4n) is 5.28. The van der Waals surface area contributed by atoms with Crippen LogP contribution in [-0.4, -0.2) is 0 Å². The minimum absolute atomic E-state index is 0.0518. The normalized spacial score (nSPS) is 13.6. The highest BCUT2D eigenvalue weighted by Crippen LogP contribution is 2.56. The lowest BCUT2D eigenvalue weighted by Crippen LogP contribution is -2.16. The van der Waals surface area contributed by atoms with E-state index >= 15 is 0 Å². The lowest BCUT2D eigenvalue weighted by molar-refractivity contribution is 0.661. The molecule has 0 saturated heterocycles. The van der Waals surface area contributed by atoms with Crippen molar-refractivity contribution in [1.29, 1.82) is 0 Å². The van der Waals surface area contributed by atoms with Gasteiger partial charge in [-0.2, -0.15) is 0 Å². The van der Waals surface area contributed by atoms with Gasteiger partial charge in [0.25, 0.3) is 0 Å². The molecule has 0 aromatic heterocycles. The molecule has 5 aromatic carbocycles. The average Bonchev–Trinajstić information content (AvgIpc) is 3.07. The fourth-order valence-corrected chi connectivity index (χ4v) is 5.28. The Morgan fingerprint density at radius 1 is 0.562 bits per heavy atom. The maximum Gasteiger partial charge on any atom is 0.0621 e. The van der Waals surface area contributed by atoms with Gasteiger partial charge in [0.2, 0.25) is 0 Å². The third kappa shape index (κ3) is 2.71. The average molecular weight is 412 g/mol. The zero-order chi connectivity index (χ0) is 21.7. The molecular weight excluding hydrogens is 386 g/mol. The number of hydrogen-bond donors (Lipinski definition) is 0. The molecule has 1 heteroatoms. The van der Waals surface area contributed by atoms with Gasteiger partial charge in [-0.25, -0.2) is 0 Å². The van der Waals surface area contributed by atoms with Crippen LogP contribution >= 0.6 is 0 Å². The van der Waals surface area contributed by atoms with Crippen LogP contribution in [0.3, 0.4) is 0 Å². The highest BCUT2D eigenvalue weighted by atomic mass is 15.1. The molecule has 0 saturated carbocycles. The summed E-state index contributed by atoms with van der Waals surface area (Å²) in [5.41, 5.74) is 9.01. The molecule has 6 rings (SSSR count). The van der Waals surface area contributed by atoms with Crippen LogP contribution in [0, 0.1) is 0 Å². The van der Waals surface area contributed by atoms with E-state index < -0.39 is 0 Å². The van der Waals surface area contributed by atoms with E-state index in [1.807, 2.05) is 0 Å². The van der Waals surface area contributed by atoms with Gasteiger partial charge in [-0.3, -0.25) is 0 Å². The molecule has 0 radical (unpaired) electrons. The number of rotatable bonds is 3. The second-order valence-corrected chi connectivity index (χ2v) is 9.05. The van der Waals surface area contributed by atoms with Crippen molar-refractivity contribution in [2.24, 2.45) is 0 Å². The molecule has 0 unspecified atom stereocenters. The molecule has 0 heterocycles. The van der Waals surface area contributed by atoms with Gasteiger partial charge in [-0.1, -0.05) is 98.8 Å². The first-order valence-corrected chi connectivity index (χ1v) is 11.2. The van der Waals surface area contributed by atoms with Crippen molar-refractivity contribution in [1.82, 2.24) is 0 Å². The number of benzene rings is 5. The van der Waals surface area contributed by atoms with E-state index in [1.165, 1.54) is 50.1 Å². The van der Waals surface area contributed by atoms with E-state index in [-0.39, 0.29) is 5.41 Å². The van der Waals surface area contributed by atoms with Crippen LogP contribution in [0.4, 0.5) is 17.1 Å². The summed E-state index contributed by atoms with van der Waals surface area (Å²) in [6.07, 6.45) is 0. The molecule has 5 aromatic rings. The highest BCUT2D eigenvalue weighted by Gasteiger charge is 2.38. The Morgan fingerprint density at radius 2 is 1.12 bits per heavy atom. The fraction of sp³-hybridized carbons (Fsp3) is 0.0968. The summed E-state index contributed by atoms with van der Waals surface area (Å²) < 4.78 is 0. The first kappa shape index (κ1) is 18.9. The van der Waals surface area contributed by atoms with E-state index in [4.69, 9.17) is 0 Å². The quantitative estimate of drug-likeness (QED) is 0.287. The van der Waals surface area contributed by atoms with Crippen molar-refractivity contribution >= 4 is 27.8 Å². The van der Waals surface area contributed by atoms with Gasteiger partial charge in [0.1, 0.15) is 0 Å². The second kappa shape index (κ2) is 7.10. The molecule has 0 amide bonds. The van der Waals surface area contributed by atoms with E-state index in [9.17, 15) is 0 Å². The van der Waals surface area contributed by atoms with Crippen molar-refractivity contribution in [2.75, 3.05) is 4.90 Å². The van der Waals surface area contributed by atoms with Gasteiger partial charge >= 0.3 is 0 Å². The summed E-state index contributed by atoms with van der Waals surface area (Å²) in [6, 6.07) is 41.6. The second-order valence-electron chi connectivity index (χ2n) is 9.05. The van der Waals surface area contributed by atoms with Crippen LogP contribution in [0.2, 0.25) is 0 Å². The van der Waals surface area contributed by atoms with Crippen molar-refractivity contribution in [3.05, 3.63) is 126 Å². The van der Waals surface area contributed by atoms with Crippen LogP contribution in [0.1, 0.15) is 25.0 Å². The highest BCUT2D eigenvalue weighted by molar-refractivity contribution is 6.09. The maximum atomic E-state index is 2.43. The van der Waals surface area contributed by atoms with Crippen LogP contribution in [0.15, 0.2) is 115 Å². The van der Waals surface area contributed by atoms with Gasteiger partial charge in [-0.05, 0) is 52.4 Å². The minimum atomic E-state index is -0.0518. The van der Waals surface area contributed by atoms with E-state index in [2.05, 4.69) is 134 Å². The van der Waals surface area contributed by atoms with Crippen molar-refractivity contribution < 1.29 is 0 Å². The Bertz CT molecular complexity index is 1390. The first-order chi connectivity index (χ1) is 15.7. The van der Waals surface area contributed by atoms with Crippen molar-refractivity contribution in [3.8, 4) is 11.1 Å². The summed E-state index contributed by atoms with van der Waals surface area (Å²) >= 11 is 0. The SMILES string of the molecule is CC1(C)c2ccccc2-c2c1cc1ccccc1c2N(c1ccccc1)c1ccccc1. The molecule has 0 atom stereocenters. The predicted octanol–water partition coefficient (Wildman–Crippen LogP) is 8.62. The summed E-state index contributed by atoms with van der Waals surface area (Å²) in [5, 5.41) is 2.55. The topological polar surface area (TPSA) is 3.24 Å². The largest absolute Gasteiger partial charge is 0.309 e. The smallest absolute Gasteiger partial charge is 0.0621 e. The van der Waals surface area contributed by atoms with E-state index in [1.54, 1.807) is 0 Å². The molecular formula is C31H25N. The molecule has 0 N–H and O–H groups in total. The molecule has 1 aliphatic carbocycles. The Labute approximate surface area is 189 Å². The summed E-state index contributed by atoms with van der Waals surface area (Å²) in [6.45, 7) is 4.71. The van der Waals surface area contributed by atoms with E-state index in [0.29, 0.717) is 0 Å². The van der Waals surface area contributed by atoms with Crippen molar-refractivity contribution in [3.63, 3.8) is 0 Å². The van der Waals surface area contributed by atoms with Crippen LogP contribution in [-0.2, 0) is 5.41 Å². The van der Waals surface area contributed by atoms with Gasteiger partial charge < -0.3 is 4.90 Å². The minimum Gasteiger partial charge on any atom is -0.309 e. The number of para-hydroxylation sites is 2. The Kier molecular flexibility index (Phi) is 4.19. The molecule has 32 heavy (non-hydrogen) atoms. The summed E-state index contributed by atoms with van der Waals surface area (Å²) in [4.78, 5) is 2.43. The van der Waals surface area contributed by atoms with E-state index in [0.717, 1.165) is 0 Å². The standard InChI is InChI=1S/C31H25N/c1-31(2)27-20-12-11-19-26(27)29-28(31)21-22-13-9-10-18-25(22)30(29)32(23-14-5-3-6-15-23)24-16-7-4-8-17-24/h3-21H,1-2H3. The molecule has 1 nitrogen and oxygen atoms in total. The number of nitrogens with zero attached hydrogens (tertiary/aromatic N) is 1. The molecule has 154 valence electrons. The Hall–Kier alpha value is -3.84.